The van der Waals surface area contributed by atoms with E-state index in [1.165, 1.54) is 17.8 Å². The first-order valence-corrected chi connectivity index (χ1v) is 7.46. The van der Waals surface area contributed by atoms with Crippen LogP contribution < -0.4 is 5.32 Å². The molecule has 2 heterocycles. The minimum absolute atomic E-state index is 0.0961. The van der Waals surface area contributed by atoms with E-state index >= 15 is 0 Å². The van der Waals surface area contributed by atoms with Crippen LogP contribution in [0.4, 0.5) is 0 Å². The van der Waals surface area contributed by atoms with Crippen LogP contribution in [0.3, 0.4) is 0 Å². The molecule has 1 amide bonds. The summed E-state index contributed by atoms with van der Waals surface area (Å²) >= 11 is 1.49. The summed E-state index contributed by atoms with van der Waals surface area (Å²) in [4.78, 5) is 12.4. The van der Waals surface area contributed by atoms with Gasteiger partial charge >= 0.3 is 0 Å². The van der Waals surface area contributed by atoms with Crippen molar-refractivity contribution in [3.63, 3.8) is 0 Å². The molecule has 0 bridgehead atoms. The van der Waals surface area contributed by atoms with E-state index in [9.17, 15) is 4.79 Å². The number of carbonyl (C=O) groups is 1. The fourth-order valence-electron chi connectivity index (χ4n) is 1.77. The van der Waals surface area contributed by atoms with Crippen molar-refractivity contribution in [3.05, 3.63) is 10.8 Å². The Kier molecular flexibility index (Phi) is 4.84. The van der Waals surface area contributed by atoms with Crippen LogP contribution >= 0.6 is 11.3 Å². The lowest BCUT2D eigenvalue weighted by molar-refractivity contribution is -0.121. The minimum Gasteiger partial charge on any atom is -0.356 e. The Labute approximate surface area is 116 Å². The summed E-state index contributed by atoms with van der Waals surface area (Å²) in [6.45, 7) is 4.79. The van der Waals surface area contributed by atoms with Crippen LogP contribution in [-0.2, 0) is 11.2 Å². The third kappa shape index (κ3) is 3.73. The molecule has 0 saturated heterocycles. The zero-order valence-corrected chi connectivity index (χ0v) is 12.2. The quantitative estimate of drug-likeness (QED) is 0.785. The highest BCUT2D eigenvalue weighted by molar-refractivity contribution is 7.16. The predicted molar refractivity (Wildman–Crippen MR) is 74.3 cm³/mol. The maximum Gasteiger partial charge on any atom is 0.234 e. The lowest BCUT2D eigenvalue weighted by Crippen LogP contribution is -2.24. The lowest BCUT2D eigenvalue weighted by Gasteiger charge is -2.03. The molecule has 7 heteroatoms. The van der Waals surface area contributed by atoms with Crippen molar-refractivity contribution in [2.75, 3.05) is 6.54 Å². The Balaban J connectivity index is 1.76. The van der Waals surface area contributed by atoms with Crippen molar-refractivity contribution in [3.8, 4) is 0 Å². The number of hydrogen-bond acceptors (Lipinski definition) is 5. The van der Waals surface area contributed by atoms with E-state index in [4.69, 9.17) is 0 Å². The minimum atomic E-state index is 0.0961. The van der Waals surface area contributed by atoms with Gasteiger partial charge in [-0.05, 0) is 13.3 Å². The molecule has 2 aromatic heterocycles. The second kappa shape index (κ2) is 6.60. The SMILES string of the molecule is CCCCCNC(=O)CCc1nn2c(C)nnc2s1. The van der Waals surface area contributed by atoms with Crippen LogP contribution in [0.5, 0.6) is 0 Å². The number of nitrogens with zero attached hydrogens (tertiary/aromatic N) is 4. The molecule has 0 radical (unpaired) electrons. The molecular weight excluding hydrogens is 262 g/mol. The number of carbonyl (C=O) groups excluding carboxylic acids is 1. The first kappa shape index (κ1) is 13.9. The van der Waals surface area contributed by atoms with E-state index in [0.29, 0.717) is 12.8 Å². The van der Waals surface area contributed by atoms with Crippen LogP contribution in [0.2, 0.25) is 0 Å². The summed E-state index contributed by atoms with van der Waals surface area (Å²) in [5.74, 6) is 0.875. The molecular formula is C12H19N5OS. The lowest BCUT2D eigenvalue weighted by atomic mass is 10.2. The smallest absolute Gasteiger partial charge is 0.234 e. The van der Waals surface area contributed by atoms with E-state index in [1.54, 1.807) is 4.52 Å². The molecule has 0 unspecified atom stereocenters. The third-order valence-electron chi connectivity index (χ3n) is 2.86. The topological polar surface area (TPSA) is 72.2 Å². The number of unbranched alkanes of at least 4 members (excludes halogenated alkanes) is 2. The van der Waals surface area contributed by atoms with Crippen molar-refractivity contribution >= 4 is 22.2 Å². The summed E-state index contributed by atoms with van der Waals surface area (Å²) in [6, 6.07) is 0. The normalized spacial score (nSPS) is 11.1. The van der Waals surface area contributed by atoms with Crippen LogP contribution in [0.1, 0.15) is 43.4 Å². The van der Waals surface area contributed by atoms with Gasteiger partial charge in [-0.25, -0.2) is 0 Å². The number of rotatable bonds is 7. The summed E-state index contributed by atoms with van der Waals surface area (Å²) in [5.41, 5.74) is 0. The number of fused-ring (bicyclic) bond motifs is 1. The zero-order chi connectivity index (χ0) is 13.7. The zero-order valence-electron chi connectivity index (χ0n) is 11.3. The summed E-state index contributed by atoms with van der Waals surface area (Å²) in [5, 5.41) is 16.2. The fourth-order valence-corrected chi connectivity index (χ4v) is 2.65. The van der Waals surface area contributed by atoms with Gasteiger partial charge in [0.25, 0.3) is 0 Å². The van der Waals surface area contributed by atoms with Gasteiger partial charge in [-0.2, -0.15) is 9.61 Å². The first-order valence-electron chi connectivity index (χ1n) is 6.65. The molecule has 0 spiro atoms. The highest BCUT2D eigenvalue weighted by Crippen LogP contribution is 2.14. The van der Waals surface area contributed by atoms with E-state index in [1.807, 2.05) is 6.92 Å². The first-order chi connectivity index (χ1) is 9.20. The number of nitrogens with one attached hydrogen (secondary N) is 1. The van der Waals surface area contributed by atoms with E-state index in [-0.39, 0.29) is 5.91 Å². The molecule has 2 rings (SSSR count). The number of aromatic nitrogens is 4. The molecule has 0 aliphatic rings. The molecule has 0 aromatic carbocycles. The largest absolute Gasteiger partial charge is 0.356 e. The van der Waals surface area contributed by atoms with Gasteiger partial charge in [-0.1, -0.05) is 31.1 Å². The maximum absolute atomic E-state index is 11.6. The van der Waals surface area contributed by atoms with Gasteiger partial charge in [0, 0.05) is 19.4 Å². The molecule has 0 atom stereocenters. The highest BCUT2D eigenvalue weighted by Gasteiger charge is 2.10. The molecule has 2 aromatic rings. The molecule has 0 aliphatic carbocycles. The molecule has 0 saturated carbocycles. The van der Waals surface area contributed by atoms with Crippen LogP contribution in [0, 0.1) is 6.92 Å². The second-order valence-electron chi connectivity index (χ2n) is 4.49. The van der Waals surface area contributed by atoms with E-state index < -0.39 is 0 Å². The molecule has 19 heavy (non-hydrogen) atoms. The Bertz CT molecular complexity index is 547. The average Bonchev–Trinajstić information content (AvgIpc) is 2.95. The number of hydrogen-bond donors (Lipinski definition) is 1. The summed E-state index contributed by atoms with van der Waals surface area (Å²) < 4.78 is 1.72. The molecule has 6 nitrogen and oxygen atoms in total. The van der Waals surface area contributed by atoms with Crippen LogP contribution in [-0.4, -0.2) is 32.3 Å². The van der Waals surface area contributed by atoms with Gasteiger partial charge in [0.2, 0.25) is 10.9 Å². The van der Waals surface area contributed by atoms with Crippen molar-refractivity contribution in [1.82, 2.24) is 25.1 Å². The van der Waals surface area contributed by atoms with Gasteiger partial charge in [0.1, 0.15) is 5.01 Å². The van der Waals surface area contributed by atoms with Gasteiger partial charge in [0.15, 0.2) is 5.82 Å². The van der Waals surface area contributed by atoms with E-state index in [0.717, 1.165) is 35.2 Å². The van der Waals surface area contributed by atoms with Crippen molar-refractivity contribution in [2.24, 2.45) is 0 Å². The van der Waals surface area contributed by atoms with Crippen LogP contribution in [0.25, 0.3) is 4.96 Å². The third-order valence-corrected chi connectivity index (χ3v) is 3.82. The summed E-state index contributed by atoms with van der Waals surface area (Å²) in [7, 11) is 0. The van der Waals surface area contributed by atoms with Gasteiger partial charge in [-0.3, -0.25) is 4.79 Å². The molecule has 104 valence electrons. The predicted octanol–water partition coefficient (Wildman–Crippen LogP) is 1.73. The van der Waals surface area contributed by atoms with Crippen molar-refractivity contribution in [1.29, 1.82) is 0 Å². The van der Waals surface area contributed by atoms with Crippen molar-refractivity contribution < 1.29 is 4.79 Å². The Morgan fingerprint density at radius 3 is 2.95 bits per heavy atom. The van der Waals surface area contributed by atoms with Gasteiger partial charge in [-0.15, -0.1) is 10.2 Å². The van der Waals surface area contributed by atoms with Crippen molar-refractivity contribution in [2.45, 2.75) is 46.0 Å². The Hall–Kier alpha value is -1.50. The second-order valence-corrected chi connectivity index (χ2v) is 5.53. The summed E-state index contributed by atoms with van der Waals surface area (Å²) in [6.07, 6.45) is 4.53. The molecule has 0 aliphatic heterocycles. The standard InChI is InChI=1S/C12H19N5OS/c1-3-4-5-8-13-10(18)6-7-11-16-17-9(2)14-15-12(17)19-11/h3-8H2,1-2H3,(H,13,18). The monoisotopic (exact) mass is 281 g/mol. The number of amides is 1. The van der Waals surface area contributed by atoms with E-state index in [2.05, 4.69) is 27.5 Å². The number of aryl methyl sites for hydroxylation is 2. The highest BCUT2D eigenvalue weighted by atomic mass is 32.1. The fraction of sp³-hybridized carbons (Fsp3) is 0.667. The molecule has 0 fully saturated rings. The Morgan fingerprint density at radius 2 is 2.21 bits per heavy atom. The maximum atomic E-state index is 11.6. The van der Waals surface area contributed by atoms with Crippen LogP contribution in [0.15, 0.2) is 0 Å². The Morgan fingerprint density at radius 1 is 1.37 bits per heavy atom. The molecule has 1 N–H and O–H groups in total. The van der Waals surface area contributed by atoms with Gasteiger partial charge < -0.3 is 5.32 Å². The average molecular weight is 281 g/mol. The van der Waals surface area contributed by atoms with Gasteiger partial charge in [0.05, 0.1) is 0 Å².